The summed E-state index contributed by atoms with van der Waals surface area (Å²) in [6.45, 7) is 9.86. The van der Waals surface area contributed by atoms with Crippen LogP contribution in [0.15, 0.2) is 147 Å². The highest BCUT2D eigenvalue weighted by Crippen LogP contribution is 2.33. The van der Waals surface area contributed by atoms with Gasteiger partial charge in [0.1, 0.15) is 0 Å². The Hall–Kier alpha value is -3.34. The molecule has 4 rings (SSSR count). The van der Waals surface area contributed by atoms with E-state index in [1.807, 2.05) is 31.2 Å². The molecule has 0 aliphatic carbocycles. The molecule has 34 heavy (non-hydrogen) atoms. The van der Waals surface area contributed by atoms with Crippen LogP contribution in [0.3, 0.4) is 0 Å². The summed E-state index contributed by atoms with van der Waals surface area (Å²) in [5.41, 5.74) is 3.35. The van der Waals surface area contributed by atoms with Gasteiger partial charge >= 0.3 is 0 Å². The van der Waals surface area contributed by atoms with E-state index in [9.17, 15) is 8.42 Å². The van der Waals surface area contributed by atoms with Gasteiger partial charge in [-0.05, 0) is 97.3 Å². The summed E-state index contributed by atoms with van der Waals surface area (Å²) in [7, 11) is -3.93. The van der Waals surface area contributed by atoms with E-state index < -0.39 is 9.84 Å². The molecule has 0 amide bonds. The maximum Gasteiger partial charge on any atom is 0.206 e. The third kappa shape index (κ3) is 5.09. The summed E-state index contributed by atoms with van der Waals surface area (Å²) < 4.78 is 26.1. The molecule has 0 N–H and O–H groups in total. The fourth-order valence-electron chi connectivity index (χ4n) is 3.70. The lowest BCUT2D eigenvalue weighted by Crippen LogP contribution is -2.07. The van der Waals surface area contributed by atoms with Crippen molar-refractivity contribution in [1.29, 1.82) is 0 Å². The first-order valence-corrected chi connectivity index (χ1v) is 13.7. The topological polar surface area (TPSA) is 34.1 Å². The molecule has 0 heterocycles. The Labute approximate surface area is 205 Å². The smallest absolute Gasteiger partial charge is 0.206 e. The molecule has 0 bridgehead atoms. The number of benzene rings is 4. The van der Waals surface area contributed by atoms with E-state index in [0.29, 0.717) is 9.79 Å². The number of hydrogen-bond donors (Lipinski definition) is 0. The van der Waals surface area contributed by atoms with Gasteiger partial charge in [0, 0.05) is 0 Å². The molecule has 0 aliphatic heterocycles. The van der Waals surface area contributed by atoms with Crippen LogP contribution < -0.4 is 0 Å². The Morgan fingerprint density at radius 3 is 1.71 bits per heavy atom. The summed E-state index contributed by atoms with van der Waals surface area (Å²) in [5.74, 6) is 0. The summed E-state index contributed by atoms with van der Waals surface area (Å²) in [5, 5.41) is 0. The minimum absolute atomic E-state index is 0.296. The molecular formula is C30H27O2S2+. The highest BCUT2D eigenvalue weighted by Gasteiger charge is 2.29. The van der Waals surface area contributed by atoms with E-state index in [0.717, 1.165) is 22.5 Å². The molecule has 0 aliphatic rings. The molecule has 170 valence electrons. The summed E-state index contributed by atoms with van der Waals surface area (Å²) in [6.07, 6.45) is 2.73. The van der Waals surface area contributed by atoms with Crippen LogP contribution in [0.5, 0.6) is 0 Å². The predicted octanol–water partition coefficient (Wildman–Crippen LogP) is 7.38. The molecule has 4 aromatic carbocycles. The monoisotopic (exact) mass is 483 g/mol. The van der Waals surface area contributed by atoms with Crippen LogP contribution in [-0.4, -0.2) is 8.42 Å². The molecule has 0 spiro atoms. The van der Waals surface area contributed by atoms with E-state index in [1.165, 1.54) is 15.4 Å². The van der Waals surface area contributed by atoms with Crippen LogP contribution in [0.1, 0.15) is 18.1 Å². The van der Waals surface area contributed by atoms with Crippen LogP contribution in [0.4, 0.5) is 0 Å². The van der Waals surface area contributed by atoms with Crippen molar-refractivity contribution in [1.82, 2.24) is 0 Å². The van der Waals surface area contributed by atoms with Crippen molar-refractivity contribution >= 4 is 26.3 Å². The van der Waals surface area contributed by atoms with Crippen molar-refractivity contribution in [2.45, 2.75) is 37.8 Å². The van der Waals surface area contributed by atoms with Crippen molar-refractivity contribution in [3.8, 4) is 0 Å². The molecule has 0 fully saturated rings. The SMILES string of the molecule is C=CCc1ccc([S+](c2ccc(C(=C)C)cc2)c2ccc(S(=O)(=O)c3ccccc3)cc2)cc1. The average Bonchev–Trinajstić information content (AvgIpc) is 2.87. The Bertz CT molecular complexity index is 1390. The van der Waals surface area contributed by atoms with Crippen LogP contribution in [0.2, 0.25) is 0 Å². The standard InChI is InChI=1S/C30H27O2S2/c1-4-8-24-11-15-26(16-12-24)33(27-17-13-25(14-18-27)23(2)3)28-19-21-30(22-20-28)34(31,32)29-9-6-5-7-10-29/h4-7,9-22H,1-2,8H2,3H3/q+1. The summed E-state index contributed by atoms with van der Waals surface area (Å²) in [4.78, 5) is 4.00. The molecule has 4 heteroatoms. The van der Waals surface area contributed by atoms with Gasteiger partial charge in [0.2, 0.25) is 9.84 Å². The zero-order valence-corrected chi connectivity index (χ0v) is 20.8. The Kier molecular flexibility index (Phi) is 7.20. The first kappa shape index (κ1) is 23.8. The average molecular weight is 484 g/mol. The second-order valence-corrected chi connectivity index (χ2v) is 12.0. The maximum atomic E-state index is 13.0. The van der Waals surface area contributed by atoms with Gasteiger partial charge in [0.05, 0.1) is 20.7 Å². The molecule has 4 aromatic rings. The Balaban J connectivity index is 1.75. The van der Waals surface area contributed by atoms with Crippen molar-refractivity contribution < 1.29 is 8.42 Å². The third-order valence-electron chi connectivity index (χ3n) is 5.55. The zero-order chi connectivity index (χ0) is 24.1. The van der Waals surface area contributed by atoms with Crippen LogP contribution in [0, 0.1) is 0 Å². The summed E-state index contributed by atoms with van der Waals surface area (Å²) in [6, 6.07) is 32.9. The van der Waals surface area contributed by atoms with E-state index in [4.69, 9.17) is 0 Å². The van der Waals surface area contributed by atoms with Gasteiger partial charge in [-0.3, -0.25) is 0 Å². The third-order valence-corrected chi connectivity index (χ3v) is 9.56. The fraction of sp³-hybridized carbons (Fsp3) is 0.0667. The van der Waals surface area contributed by atoms with Gasteiger partial charge in [-0.2, -0.15) is 0 Å². The van der Waals surface area contributed by atoms with Gasteiger partial charge in [-0.15, -0.1) is 6.58 Å². The van der Waals surface area contributed by atoms with Gasteiger partial charge in [-0.25, -0.2) is 8.42 Å². The fourth-order valence-corrected chi connectivity index (χ4v) is 7.03. The van der Waals surface area contributed by atoms with Crippen LogP contribution in [0.25, 0.3) is 5.57 Å². The van der Waals surface area contributed by atoms with Crippen LogP contribution in [-0.2, 0) is 27.2 Å². The molecule has 1 unspecified atom stereocenters. The van der Waals surface area contributed by atoms with E-state index in [1.54, 1.807) is 36.4 Å². The minimum Gasteiger partial charge on any atom is -0.219 e. The first-order chi connectivity index (χ1) is 16.4. The second-order valence-electron chi connectivity index (χ2n) is 8.04. The van der Waals surface area contributed by atoms with E-state index in [-0.39, 0.29) is 10.9 Å². The van der Waals surface area contributed by atoms with Crippen LogP contribution >= 0.6 is 0 Å². The highest BCUT2D eigenvalue weighted by molar-refractivity contribution is 7.97. The lowest BCUT2D eigenvalue weighted by molar-refractivity contribution is 0.596. The molecule has 1 atom stereocenters. The second kappa shape index (κ2) is 10.3. The molecular weight excluding hydrogens is 456 g/mol. The van der Waals surface area contributed by atoms with Gasteiger partial charge in [-0.1, -0.05) is 48.6 Å². The Morgan fingerprint density at radius 2 is 1.21 bits per heavy atom. The molecule has 0 saturated heterocycles. The molecule has 0 radical (unpaired) electrons. The van der Waals surface area contributed by atoms with Crippen molar-refractivity contribution in [2.75, 3.05) is 0 Å². The van der Waals surface area contributed by atoms with Gasteiger partial charge in [0.15, 0.2) is 14.7 Å². The van der Waals surface area contributed by atoms with Crippen molar-refractivity contribution in [3.05, 3.63) is 133 Å². The number of sulfone groups is 1. The largest absolute Gasteiger partial charge is 0.219 e. The zero-order valence-electron chi connectivity index (χ0n) is 19.1. The number of rotatable bonds is 8. The lowest BCUT2D eigenvalue weighted by Gasteiger charge is -2.11. The molecule has 2 nitrogen and oxygen atoms in total. The van der Waals surface area contributed by atoms with Gasteiger partial charge < -0.3 is 0 Å². The number of allylic oxidation sites excluding steroid dienone is 2. The van der Waals surface area contributed by atoms with E-state index >= 15 is 0 Å². The summed E-state index contributed by atoms with van der Waals surface area (Å²) >= 11 is 0. The predicted molar refractivity (Wildman–Crippen MR) is 142 cm³/mol. The molecule has 0 aromatic heterocycles. The molecule has 0 saturated carbocycles. The minimum atomic E-state index is -3.55. The maximum absolute atomic E-state index is 13.0. The lowest BCUT2D eigenvalue weighted by atomic mass is 10.1. The van der Waals surface area contributed by atoms with Crippen molar-refractivity contribution in [2.24, 2.45) is 0 Å². The van der Waals surface area contributed by atoms with Gasteiger partial charge in [0.25, 0.3) is 0 Å². The normalized spacial score (nSPS) is 12.1. The number of hydrogen-bond acceptors (Lipinski definition) is 2. The quantitative estimate of drug-likeness (QED) is 0.194. The van der Waals surface area contributed by atoms with Crippen molar-refractivity contribution in [3.63, 3.8) is 0 Å². The van der Waals surface area contributed by atoms with E-state index in [2.05, 4.69) is 61.7 Å². The highest BCUT2D eigenvalue weighted by atomic mass is 32.2. The Morgan fingerprint density at radius 1 is 0.735 bits per heavy atom. The first-order valence-electron chi connectivity index (χ1n) is 11.0.